The Hall–Kier alpha value is -2.30. The highest BCUT2D eigenvalue weighted by molar-refractivity contribution is 5.90. The van der Waals surface area contributed by atoms with E-state index in [0.29, 0.717) is 11.8 Å². The molecule has 1 fully saturated rings. The smallest absolute Gasteiger partial charge is 0.321 e. The van der Waals surface area contributed by atoms with Gasteiger partial charge in [0.25, 0.3) is 0 Å². The summed E-state index contributed by atoms with van der Waals surface area (Å²) in [6, 6.07) is 5.81. The van der Waals surface area contributed by atoms with Gasteiger partial charge in [0.15, 0.2) is 0 Å². The van der Waals surface area contributed by atoms with E-state index in [4.69, 9.17) is 4.42 Å². The normalized spacial score (nSPS) is 18.3. The highest BCUT2D eigenvalue weighted by Crippen LogP contribution is 2.26. The molecule has 1 saturated heterocycles. The van der Waals surface area contributed by atoms with E-state index in [1.807, 2.05) is 36.9 Å². The van der Waals surface area contributed by atoms with Gasteiger partial charge in [-0.25, -0.2) is 9.78 Å². The Balaban J connectivity index is 1.74. The summed E-state index contributed by atoms with van der Waals surface area (Å²) in [5.74, 6) is 1.28. The summed E-state index contributed by atoms with van der Waals surface area (Å²) in [4.78, 5) is 18.8. The number of amides is 2. The summed E-state index contributed by atoms with van der Waals surface area (Å²) in [6.45, 7) is 7.81. The monoisotopic (exact) mass is 327 g/mol. The van der Waals surface area contributed by atoms with E-state index in [1.54, 1.807) is 6.26 Å². The number of oxazole rings is 1. The van der Waals surface area contributed by atoms with Crippen LogP contribution >= 0.6 is 0 Å². The standard InChI is InChI=1S/C19H25N3O2/c1-13-5-4-9-22(10-8-13)19(23)21-16-7-6-14(2)17(11-16)18-20-15(3)12-24-18/h6-7,11-13H,4-5,8-10H2,1-3H3,(H,21,23)/t13-/m1/s1. The van der Waals surface area contributed by atoms with Crippen molar-refractivity contribution >= 4 is 11.7 Å². The molecule has 128 valence electrons. The first-order valence-electron chi connectivity index (χ1n) is 8.62. The molecule has 5 nitrogen and oxygen atoms in total. The number of benzene rings is 1. The van der Waals surface area contributed by atoms with Crippen LogP contribution in [0.2, 0.25) is 0 Å². The van der Waals surface area contributed by atoms with Crippen LogP contribution in [0.1, 0.15) is 37.4 Å². The van der Waals surface area contributed by atoms with E-state index in [-0.39, 0.29) is 6.03 Å². The van der Waals surface area contributed by atoms with E-state index in [2.05, 4.69) is 17.2 Å². The topological polar surface area (TPSA) is 58.4 Å². The molecule has 1 aliphatic rings. The summed E-state index contributed by atoms with van der Waals surface area (Å²) in [6.07, 6.45) is 4.98. The van der Waals surface area contributed by atoms with Crippen LogP contribution < -0.4 is 5.32 Å². The van der Waals surface area contributed by atoms with Crippen LogP contribution in [0.15, 0.2) is 28.9 Å². The lowest BCUT2D eigenvalue weighted by atomic mass is 10.0. The van der Waals surface area contributed by atoms with Gasteiger partial charge in [0.1, 0.15) is 6.26 Å². The van der Waals surface area contributed by atoms with Crippen molar-refractivity contribution in [3.05, 3.63) is 35.7 Å². The summed E-state index contributed by atoms with van der Waals surface area (Å²) < 4.78 is 5.50. The highest BCUT2D eigenvalue weighted by atomic mass is 16.3. The first kappa shape index (κ1) is 16.6. The van der Waals surface area contributed by atoms with Crippen LogP contribution in [-0.2, 0) is 0 Å². The average molecular weight is 327 g/mol. The van der Waals surface area contributed by atoms with Gasteiger partial charge in [-0.05, 0) is 56.7 Å². The van der Waals surface area contributed by atoms with Crippen molar-refractivity contribution in [1.29, 1.82) is 0 Å². The third kappa shape index (κ3) is 3.78. The molecule has 1 N–H and O–H groups in total. The molecular formula is C19H25N3O2. The Morgan fingerprint density at radius 2 is 2.12 bits per heavy atom. The SMILES string of the molecule is Cc1coc(-c2cc(NC(=O)N3CCC[C@@H](C)CC3)ccc2C)n1. The lowest BCUT2D eigenvalue weighted by molar-refractivity contribution is 0.213. The zero-order valence-corrected chi connectivity index (χ0v) is 14.6. The summed E-state index contributed by atoms with van der Waals surface area (Å²) in [5.41, 5.74) is 3.59. The van der Waals surface area contributed by atoms with Gasteiger partial charge < -0.3 is 14.6 Å². The molecule has 3 rings (SSSR count). The number of carbonyl (C=O) groups is 1. The van der Waals surface area contributed by atoms with Gasteiger partial charge in [-0.2, -0.15) is 0 Å². The Morgan fingerprint density at radius 3 is 2.88 bits per heavy atom. The van der Waals surface area contributed by atoms with Crippen LogP contribution in [0.3, 0.4) is 0 Å². The molecule has 0 spiro atoms. The Morgan fingerprint density at radius 1 is 1.29 bits per heavy atom. The van der Waals surface area contributed by atoms with E-state index in [0.717, 1.165) is 48.4 Å². The first-order valence-corrected chi connectivity index (χ1v) is 8.62. The van der Waals surface area contributed by atoms with Gasteiger partial charge in [-0.15, -0.1) is 0 Å². The summed E-state index contributed by atoms with van der Waals surface area (Å²) >= 11 is 0. The number of nitrogens with one attached hydrogen (secondary N) is 1. The molecule has 5 heteroatoms. The quantitative estimate of drug-likeness (QED) is 0.876. The Labute approximate surface area is 143 Å². The molecule has 1 aromatic carbocycles. The van der Waals surface area contributed by atoms with E-state index < -0.39 is 0 Å². The van der Waals surface area contributed by atoms with E-state index >= 15 is 0 Å². The lowest BCUT2D eigenvalue weighted by Crippen LogP contribution is -2.35. The minimum Gasteiger partial charge on any atom is -0.444 e. The molecule has 2 aromatic rings. The minimum atomic E-state index is -0.0255. The molecule has 0 aliphatic carbocycles. The van der Waals surface area contributed by atoms with Crippen LogP contribution in [0.4, 0.5) is 10.5 Å². The molecule has 0 saturated carbocycles. The average Bonchev–Trinajstić information content (AvgIpc) is 2.86. The molecule has 1 atom stereocenters. The number of hydrogen-bond donors (Lipinski definition) is 1. The predicted molar refractivity (Wildman–Crippen MR) is 95.0 cm³/mol. The van der Waals surface area contributed by atoms with Gasteiger partial charge in [0.05, 0.1) is 5.69 Å². The van der Waals surface area contributed by atoms with Gasteiger partial charge in [-0.3, -0.25) is 0 Å². The number of hydrogen-bond acceptors (Lipinski definition) is 3. The molecule has 1 aliphatic heterocycles. The number of urea groups is 1. The fraction of sp³-hybridized carbons (Fsp3) is 0.474. The van der Waals surface area contributed by atoms with Gasteiger partial charge in [-0.1, -0.05) is 13.0 Å². The fourth-order valence-electron chi connectivity index (χ4n) is 3.08. The molecule has 0 radical (unpaired) electrons. The number of rotatable bonds is 2. The Kier molecular flexibility index (Phi) is 4.88. The second kappa shape index (κ2) is 7.07. The van der Waals surface area contributed by atoms with Crippen LogP contribution in [-0.4, -0.2) is 29.0 Å². The van der Waals surface area contributed by atoms with Crippen molar-refractivity contribution in [2.24, 2.45) is 5.92 Å². The van der Waals surface area contributed by atoms with E-state index in [9.17, 15) is 4.79 Å². The van der Waals surface area contributed by atoms with Gasteiger partial charge in [0.2, 0.25) is 5.89 Å². The number of aromatic nitrogens is 1. The lowest BCUT2D eigenvalue weighted by Gasteiger charge is -2.21. The maximum Gasteiger partial charge on any atom is 0.321 e. The number of aryl methyl sites for hydroxylation is 2. The second-order valence-corrected chi connectivity index (χ2v) is 6.78. The predicted octanol–water partition coefficient (Wildman–Crippen LogP) is 4.61. The number of likely N-dealkylation sites (tertiary alicyclic amines) is 1. The summed E-state index contributed by atoms with van der Waals surface area (Å²) in [5, 5.41) is 3.02. The van der Waals surface area contributed by atoms with Gasteiger partial charge in [0, 0.05) is 24.3 Å². The maximum absolute atomic E-state index is 12.5. The molecule has 0 bridgehead atoms. The van der Waals surface area contributed by atoms with Crippen LogP contribution in [0, 0.1) is 19.8 Å². The molecule has 2 amide bonds. The van der Waals surface area contributed by atoms with Crippen molar-refractivity contribution in [3.8, 4) is 11.5 Å². The highest BCUT2D eigenvalue weighted by Gasteiger charge is 2.19. The third-order valence-electron chi connectivity index (χ3n) is 4.64. The van der Waals surface area contributed by atoms with Gasteiger partial charge >= 0.3 is 6.03 Å². The van der Waals surface area contributed by atoms with Crippen molar-refractivity contribution in [2.75, 3.05) is 18.4 Å². The van der Waals surface area contributed by atoms with E-state index in [1.165, 1.54) is 6.42 Å². The Bertz CT molecular complexity index is 723. The van der Waals surface area contributed by atoms with Crippen molar-refractivity contribution < 1.29 is 9.21 Å². The third-order valence-corrected chi connectivity index (χ3v) is 4.64. The zero-order chi connectivity index (χ0) is 17.1. The summed E-state index contributed by atoms with van der Waals surface area (Å²) in [7, 11) is 0. The van der Waals surface area contributed by atoms with Crippen molar-refractivity contribution in [2.45, 2.75) is 40.0 Å². The number of nitrogens with zero attached hydrogens (tertiary/aromatic N) is 2. The molecule has 24 heavy (non-hydrogen) atoms. The number of carbonyl (C=O) groups excluding carboxylic acids is 1. The fourth-order valence-corrected chi connectivity index (χ4v) is 3.08. The minimum absolute atomic E-state index is 0.0255. The van der Waals surface area contributed by atoms with Crippen molar-refractivity contribution in [1.82, 2.24) is 9.88 Å². The largest absolute Gasteiger partial charge is 0.444 e. The van der Waals surface area contributed by atoms with Crippen molar-refractivity contribution in [3.63, 3.8) is 0 Å². The molecular weight excluding hydrogens is 302 g/mol. The molecule has 1 aromatic heterocycles. The molecule has 0 unspecified atom stereocenters. The maximum atomic E-state index is 12.5. The van der Waals surface area contributed by atoms with Crippen LogP contribution in [0.5, 0.6) is 0 Å². The second-order valence-electron chi connectivity index (χ2n) is 6.78. The first-order chi connectivity index (χ1) is 11.5. The zero-order valence-electron chi connectivity index (χ0n) is 14.6. The van der Waals surface area contributed by atoms with Crippen LogP contribution in [0.25, 0.3) is 11.5 Å². The number of anilines is 1. The molecule has 2 heterocycles.